The molecule has 0 aliphatic carbocycles. The Balaban J connectivity index is 3.39. The SMILES string of the molecule is CC[N+]1(C(=O)[O-])[C@H](O)[C@H](O)C[C@@]1(C)C(=O)O. The van der Waals surface area contributed by atoms with Crippen LogP contribution in [0.2, 0.25) is 0 Å². The molecule has 0 saturated carbocycles. The van der Waals surface area contributed by atoms with Crippen LogP contribution in [0.1, 0.15) is 20.3 Å². The molecular weight excluding hydrogens is 218 g/mol. The Hall–Kier alpha value is -1.18. The molecular formula is C9H15NO6. The molecule has 7 heteroatoms. The van der Waals surface area contributed by atoms with E-state index < -0.39 is 34.4 Å². The van der Waals surface area contributed by atoms with Gasteiger partial charge in [-0.2, -0.15) is 0 Å². The van der Waals surface area contributed by atoms with Gasteiger partial charge in [0.05, 0.1) is 6.54 Å². The highest BCUT2D eigenvalue weighted by Crippen LogP contribution is 2.40. The van der Waals surface area contributed by atoms with Crippen LogP contribution >= 0.6 is 0 Å². The lowest BCUT2D eigenvalue weighted by atomic mass is 9.96. The smallest absolute Gasteiger partial charge is 0.366 e. The molecule has 0 aromatic rings. The largest absolute Gasteiger partial charge is 0.498 e. The van der Waals surface area contributed by atoms with Gasteiger partial charge in [0.1, 0.15) is 6.10 Å². The highest BCUT2D eigenvalue weighted by atomic mass is 16.4. The summed E-state index contributed by atoms with van der Waals surface area (Å²) in [5.74, 6) is -1.38. The number of hydrogen-bond acceptors (Lipinski definition) is 5. The summed E-state index contributed by atoms with van der Waals surface area (Å²) < 4.78 is -1.18. The Morgan fingerprint density at radius 2 is 2.00 bits per heavy atom. The van der Waals surface area contributed by atoms with Gasteiger partial charge in [-0.15, -0.1) is 0 Å². The summed E-state index contributed by atoms with van der Waals surface area (Å²) in [5, 5.41) is 39.4. The van der Waals surface area contributed by atoms with E-state index in [-0.39, 0.29) is 13.0 Å². The highest BCUT2D eigenvalue weighted by molar-refractivity contribution is 5.79. The Morgan fingerprint density at radius 1 is 1.50 bits per heavy atom. The zero-order valence-corrected chi connectivity index (χ0v) is 9.08. The Kier molecular flexibility index (Phi) is 2.97. The van der Waals surface area contributed by atoms with E-state index in [9.17, 15) is 24.9 Å². The van der Waals surface area contributed by atoms with Gasteiger partial charge in [0.25, 0.3) is 6.09 Å². The average Bonchev–Trinajstić information content (AvgIpc) is 2.37. The predicted octanol–water partition coefficient (Wildman–Crippen LogP) is -1.91. The number of rotatable bonds is 2. The zero-order chi connectivity index (χ0) is 12.7. The lowest BCUT2D eigenvalue weighted by Gasteiger charge is -2.44. The number of aliphatic hydroxyl groups excluding tert-OH is 2. The van der Waals surface area contributed by atoms with Crippen LogP contribution in [0.25, 0.3) is 0 Å². The van der Waals surface area contributed by atoms with Crippen LogP contribution in [0.5, 0.6) is 0 Å². The van der Waals surface area contributed by atoms with Gasteiger partial charge < -0.3 is 25.2 Å². The molecule has 4 atom stereocenters. The van der Waals surface area contributed by atoms with Crippen molar-refractivity contribution >= 4 is 12.1 Å². The van der Waals surface area contributed by atoms with Crippen molar-refractivity contribution in [2.75, 3.05) is 6.54 Å². The molecule has 0 spiro atoms. The number of likely N-dealkylation sites (N-methyl/N-ethyl adjacent to an activating group) is 1. The minimum atomic E-state index is -1.79. The fraction of sp³-hybridized carbons (Fsp3) is 0.778. The van der Waals surface area contributed by atoms with Crippen molar-refractivity contribution in [3.05, 3.63) is 0 Å². The van der Waals surface area contributed by atoms with Gasteiger partial charge in [-0.05, 0) is 6.92 Å². The Morgan fingerprint density at radius 3 is 2.25 bits per heavy atom. The molecule has 3 N–H and O–H groups in total. The van der Waals surface area contributed by atoms with Crippen LogP contribution in [-0.2, 0) is 4.79 Å². The molecule has 0 radical (unpaired) electrons. The van der Waals surface area contributed by atoms with E-state index in [1.54, 1.807) is 0 Å². The lowest BCUT2D eigenvalue weighted by molar-refractivity contribution is -0.942. The topological polar surface area (TPSA) is 118 Å². The third-order valence-corrected chi connectivity index (χ3v) is 3.57. The van der Waals surface area contributed by atoms with Crippen molar-refractivity contribution in [2.24, 2.45) is 0 Å². The van der Waals surface area contributed by atoms with Crippen LogP contribution in [0.3, 0.4) is 0 Å². The molecule has 1 aliphatic heterocycles. The first-order valence-electron chi connectivity index (χ1n) is 4.93. The number of carboxylic acids is 1. The first-order valence-corrected chi connectivity index (χ1v) is 4.93. The van der Waals surface area contributed by atoms with Gasteiger partial charge in [0.15, 0.2) is 0 Å². The summed E-state index contributed by atoms with van der Waals surface area (Å²) in [4.78, 5) is 22.3. The molecule has 1 heterocycles. The van der Waals surface area contributed by atoms with Gasteiger partial charge >= 0.3 is 5.97 Å². The number of likely N-dealkylation sites (tertiary alicyclic amines) is 1. The standard InChI is InChI=1S/C9H15NO6/c1-3-10(8(15)16)6(12)5(11)4-9(10,2)7(13)14/h5-6,11-12H,3-4H2,1-2H3,(H-,13,14,15,16)/t5-,6-,9+,10?/m1/s1. The molecule has 0 bridgehead atoms. The van der Waals surface area contributed by atoms with Crippen LogP contribution in [0.15, 0.2) is 0 Å². The third kappa shape index (κ3) is 1.25. The van der Waals surface area contributed by atoms with Crippen molar-refractivity contribution in [1.29, 1.82) is 0 Å². The number of nitrogens with zero attached hydrogens (tertiary/aromatic N) is 1. The van der Waals surface area contributed by atoms with E-state index in [2.05, 4.69) is 0 Å². The monoisotopic (exact) mass is 233 g/mol. The van der Waals surface area contributed by atoms with Crippen LogP contribution in [-0.4, -0.2) is 56.3 Å². The second-order valence-corrected chi connectivity index (χ2v) is 4.22. The summed E-state index contributed by atoms with van der Waals surface area (Å²) in [6, 6.07) is 0. The van der Waals surface area contributed by atoms with Gasteiger partial charge in [0, 0.05) is 13.3 Å². The maximum atomic E-state index is 11.2. The quantitative estimate of drug-likeness (QED) is 0.479. The second-order valence-electron chi connectivity index (χ2n) is 4.22. The average molecular weight is 233 g/mol. The molecule has 1 amide bonds. The Labute approximate surface area is 92.1 Å². The molecule has 1 saturated heterocycles. The molecule has 92 valence electrons. The minimum absolute atomic E-state index is 0.177. The first-order chi connectivity index (χ1) is 7.24. The summed E-state index contributed by atoms with van der Waals surface area (Å²) >= 11 is 0. The fourth-order valence-corrected chi connectivity index (χ4v) is 2.49. The molecule has 0 aromatic carbocycles. The maximum Gasteiger partial charge on any atom is 0.366 e. The minimum Gasteiger partial charge on any atom is -0.498 e. The highest BCUT2D eigenvalue weighted by Gasteiger charge is 2.66. The van der Waals surface area contributed by atoms with Gasteiger partial charge in [0.2, 0.25) is 11.8 Å². The number of amides is 1. The van der Waals surface area contributed by atoms with Crippen LogP contribution < -0.4 is 5.11 Å². The number of aliphatic hydroxyl groups is 2. The summed E-state index contributed by atoms with van der Waals surface area (Å²) in [7, 11) is 0. The van der Waals surface area contributed by atoms with Gasteiger partial charge in [-0.1, -0.05) is 0 Å². The Bertz CT molecular complexity index is 332. The molecule has 0 aromatic heterocycles. The number of carbonyl (C=O) groups excluding carboxylic acids is 1. The fourth-order valence-electron chi connectivity index (χ4n) is 2.49. The number of carbonyl (C=O) groups is 2. The van der Waals surface area contributed by atoms with Crippen LogP contribution in [0.4, 0.5) is 4.79 Å². The summed E-state index contributed by atoms with van der Waals surface area (Å²) in [5.41, 5.74) is -1.79. The molecule has 1 rings (SSSR count). The number of carboxylic acid groups (broad SMARTS) is 2. The lowest BCUT2D eigenvalue weighted by Crippen LogP contribution is -2.72. The van der Waals surface area contributed by atoms with E-state index >= 15 is 0 Å². The van der Waals surface area contributed by atoms with Crippen molar-refractivity contribution < 1.29 is 34.5 Å². The zero-order valence-electron chi connectivity index (χ0n) is 9.08. The summed E-state index contributed by atoms with van der Waals surface area (Å²) in [6.07, 6.45) is -5.10. The van der Waals surface area contributed by atoms with Crippen molar-refractivity contribution in [1.82, 2.24) is 0 Å². The third-order valence-electron chi connectivity index (χ3n) is 3.57. The van der Waals surface area contributed by atoms with Gasteiger partial charge in [-0.25, -0.2) is 9.28 Å². The van der Waals surface area contributed by atoms with E-state index in [1.165, 1.54) is 13.8 Å². The molecule has 16 heavy (non-hydrogen) atoms. The van der Waals surface area contributed by atoms with Crippen molar-refractivity contribution in [2.45, 2.75) is 38.1 Å². The van der Waals surface area contributed by atoms with E-state index in [0.717, 1.165) is 0 Å². The molecule has 1 aliphatic rings. The predicted molar refractivity (Wildman–Crippen MR) is 48.9 cm³/mol. The number of aliphatic carboxylic acids is 1. The van der Waals surface area contributed by atoms with Crippen molar-refractivity contribution in [3.63, 3.8) is 0 Å². The normalized spacial score (nSPS) is 43.2. The number of hydrogen-bond donors (Lipinski definition) is 3. The van der Waals surface area contributed by atoms with E-state index in [1.807, 2.05) is 0 Å². The van der Waals surface area contributed by atoms with E-state index in [0.29, 0.717) is 0 Å². The first kappa shape index (κ1) is 12.9. The summed E-state index contributed by atoms with van der Waals surface area (Å²) in [6.45, 7) is 2.44. The van der Waals surface area contributed by atoms with Crippen LogP contribution in [0, 0.1) is 0 Å². The number of quaternary nitrogens is 1. The second kappa shape index (κ2) is 3.69. The maximum absolute atomic E-state index is 11.2. The molecule has 1 fully saturated rings. The molecule has 7 nitrogen and oxygen atoms in total. The van der Waals surface area contributed by atoms with Crippen molar-refractivity contribution in [3.8, 4) is 0 Å². The molecule has 1 unspecified atom stereocenters. The van der Waals surface area contributed by atoms with Gasteiger partial charge in [-0.3, -0.25) is 0 Å². The van der Waals surface area contributed by atoms with E-state index in [4.69, 9.17) is 5.11 Å².